The largest absolute Gasteiger partial charge is 0.481 e. The summed E-state index contributed by atoms with van der Waals surface area (Å²) in [5.74, 6) is -0.177. The van der Waals surface area contributed by atoms with Crippen LogP contribution in [0.5, 0.6) is 5.75 Å². The lowest BCUT2D eigenvalue weighted by molar-refractivity contribution is -0.128. The molecule has 0 aromatic heterocycles. The van der Waals surface area contributed by atoms with Crippen molar-refractivity contribution in [1.82, 2.24) is 10.6 Å². The van der Waals surface area contributed by atoms with Crippen molar-refractivity contribution in [3.63, 3.8) is 0 Å². The van der Waals surface area contributed by atoms with E-state index in [1.165, 1.54) is 12.1 Å². The predicted octanol–water partition coefficient (Wildman–Crippen LogP) is 1.46. The zero-order chi connectivity index (χ0) is 13.7. The molecular formula is C14H19FN2O2. The Hall–Kier alpha value is -1.62. The SMILES string of the molecule is CC(Oc1cccc(F)c1)C(=O)N[C@H]1CCCNC1. The standard InChI is InChI=1S/C14H19FN2O2/c1-10(19-13-6-2-4-11(15)8-13)14(18)17-12-5-3-7-16-9-12/h2,4,6,8,10,12,16H,3,5,7,9H2,1H3,(H,17,18)/t10?,12-/m0/s1. The maximum Gasteiger partial charge on any atom is 0.261 e. The Morgan fingerprint density at radius 1 is 1.58 bits per heavy atom. The highest BCUT2D eigenvalue weighted by molar-refractivity contribution is 5.81. The summed E-state index contributed by atoms with van der Waals surface area (Å²) in [6.45, 7) is 3.45. The minimum absolute atomic E-state index is 0.153. The summed E-state index contributed by atoms with van der Waals surface area (Å²) < 4.78 is 18.4. The van der Waals surface area contributed by atoms with Gasteiger partial charge in [-0.05, 0) is 38.4 Å². The number of hydrogen-bond donors (Lipinski definition) is 2. The third-order valence-electron chi connectivity index (χ3n) is 3.12. The fourth-order valence-electron chi connectivity index (χ4n) is 2.09. The van der Waals surface area contributed by atoms with Crippen LogP contribution in [0.25, 0.3) is 0 Å². The number of carbonyl (C=O) groups excluding carboxylic acids is 1. The summed E-state index contributed by atoms with van der Waals surface area (Å²) in [6.07, 6.45) is 1.40. The van der Waals surface area contributed by atoms with Gasteiger partial charge in [-0.25, -0.2) is 4.39 Å². The molecule has 2 N–H and O–H groups in total. The number of piperidine rings is 1. The minimum atomic E-state index is -0.635. The predicted molar refractivity (Wildman–Crippen MR) is 70.5 cm³/mol. The fourth-order valence-corrected chi connectivity index (χ4v) is 2.09. The van der Waals surface area contributed by atoms with E-state index in [4.69, 9.17) is 4.74 Å². The van der Waals surface area contributed by atoms with E-state index in [1.807, 2.05) is 0 Å². The lowest BCUT2D eigenvalue weighted by atomic mass is 10.1. The zero-order valence-electron chi connectivity index (χ0n) is 11.0. The van der Waals surface area contributed by atoms with E-state index in [9.17, 15) is 9.18 Å². The first kappa shape index (κ1) is 13.8. The Labute approximate surface area is 112 Å². The van der Waals surface area contributed by atoms with Crippen LogP contribution in [0.2, 0.25) is 0 Å². The molecule has 19 heavy (non-hydrogen) atoms. The third-order valence-corrected chi connectivity index (χ3v) is 3.12. The summed E-state index contributed by atoms with van der Waals surface area (Å²) in [5, 5.41) is 6.16. The second-order valence-electron chi connectivity index (χ2n) is 4.77. The smallest absolute Gasteiger partial charge is 0.261 e. The van der Waals surface area contributed by atoms with E-state index in [0.717, 1.165) is 25.9 Å². The molecule has 1 fully saturated rings. The lowest BCUT2D eigenvalue weighted by Crippen LogP contribution is -2.49. The maximum absolute atomic E-state index is 13.0. The Morgan fingerprint density at radius 3 is 3.11 bits per heavy atom. The molecule has 0 radical (unpaired) electrons. The van der Waals surface area contributed by atoms with E-state index in [0.29, 0.717) is 5.75 Å². The second-order valence-corrected chi connectivity index (χ2v) is 4.77. The molecule has 1 amide bonds. The van der Waals surface area contributed by atoms with Crippen molar-refractivity contribution in [1.29, 1.82) is 0 Å². The van der Waals surface area contributed by atoms with Crippen LogP contribution in [0.4, 0.5) is 4.39 Å². The number of ether oxygens (including phenoxy) is 1. The molecule has 1 aliphatic heterocycles. The number of rotatable bonds is 4. The summed E-state index contributed by atoms with van der Waals surface area (Å²) >= 11 is 0. The van der Waals surface area contributed by atoms with Crippen molar-refractivity contribution in [3.05, 3.63) is 30.1 Å². The highest BCUT2D eigenvalue weighted by Gasteiger charge is 2.20. The summed E-state index contributed by atoms with van der Waals surface area (Å²) in [4.78, 5) is 11.9. The second kappa shape index (κ2) is 6.52. The van der Waals surface area contributed by atoms with Gasteiger partial charge in [0.1, 0.15) is 11.6 Å². The maximum atomic E-state index is 13.0. The molecule has 104 valence electrons. The molecule has 1 aliphatic rings. The molecule has 2 atom stereocenters. The Bertz CT molecular complexity index is 433. The van der Waals surface area contributed by atoms with Crippen LogP contribution in [-0.4, -0.2) is 31.1 Å². The number of halogens is 1. The summed E-state index contributed by atoms with van der Waals surface area (Å²) in [5.41, 5.74) is 0. The normalized spacial score (nSPS) is 20.6. The van der Waals surface area contributed by atoms with E-state index in [1.54, 1.807) is 19.1 Å². The van der Waals surface area contributed by atoms with Gasteiger partial charge in [-0.2, -0.15) is 0 Å². The molecule has 0 aliphatic carbocycles. The quantitative estimate of drug-likeness (QED) is 0.867. The number of hydrogen-bond acceptors (Lipinski definition) is 3. The molecule has 0 spiro atoms. The van der Waals surface area contributed by atoms with Gasteiger partial charge in [0.25, 0.3) is 5.91 Å². The number of carbonyl (C=O) groups is 1. The van der Waals surface area contributed by atoms with E-state index in [-0.39, 0.29) is 17.8 Å². The van der Waals surface area contributed by atoms with Crippen LogP contribution in [0.3, 0.4) is 0 Å². The van der Waals surface area contributed by atoms with Crippen LogP contribution in [0, 0.1) is 5.82 Å². The number of nitrogens with one attached hydrogen (secondary N) is 2. The average molecular weight is 266 g/mol. The average Bonchev–Trinajstić information content (AvgIpc) is 2.40. The van der Waals surface area contributed by atoms with Crippen molar-refractivity contribution >= 4 is 5.91 Å². The number of amides is 1. The van der Waals surface area contributed by atoms with Crippen LogP contribution >= 0.6 is 0 Å². The number of benzene rings is 1. The van der Waals surface area contributed by atoms with Crippen LogP contribution in [0.1, 0.15) is 19.8 Å². The Balaban J connectivity index is 1.84. The van der Waals surface area contributed by atoms with Gasteiger partial charge in [0.15, 0.2) is 6.10 Å². The van der Waals surface area contributed by atoms with Crippen molar-refractivity contribution in [2.45, 2.75) is 31.9 Å². The first-order valence-corrected chi connectivity index (χ1v) is 6.58. The highest BCUT2D eigenvalue weighted by atomic mass is 19.1. The minimum Gasteiger partial charge on any atom is -0.481 e. The van der Waals surface area contributed by atoms with Gasteiger partial charge in [-0.15, -0.1) is 0 Å². The van der Waals surface area contributed by atoms with Crippen LogP contribution < -0.4 is 15.4 Å². The molecular weight excluding hydrogens is 247 g/mol. The van der Waals surface area contributed by atoms with E-state index >= 15 is 0 Å². The fraction of sp³-hybridized carbons (Fsp3) is 0.500. The van der Waals surface area contributed by atoms with Gasteiger partial charge < -0.3 is 15.4 Å². The van der Waals surface area contributed by atoms with Crippen molar-refractivity contribution in [2.24, 2.45) is 0 Å². The van der Waals surface area contributed by atoms with Gasteiger partial charge in [0.05, 0.1) is 0 Å². The zero-order valence-corrected chi connectivity index (χ0v) is 11.0. The molecule has 0 saturated carbocycles. The summed E-state index contributed by atoms with van der Waals surface area (Å²) in [7, 11) is 0. The molecule has 1 saturated heterocycles. The topological polar surface area (TPSA) is 50.4 Å². The van der Waals surface area contributed by atoms with E-state index < -0.39 is 6.10 Å². The molecule has 4 nitrogen and oxygen atoms in total. The van der Waals surface area contributed by atoms with Crippen LogP contribution in [-0.2, 0) is 4.79 Å². The molecule has 2 rings (SSSR count). The highest BCUT2D eigenvalue weighted by Crippen LogP contribution is 2.14. The van der Waals surface area contributed by atoms with Crippen molar-refractivity contribution in [3.8, 4) is 5.75 Å². The molecule has 0 bridgehead atoms. The van der Waals surface area contributed by atoms with Gasteiger partial charge in [-0.3, -0.25) is 4.79 Å². The van der Waals surface area contributed by atoms with Gasteiger partial charge in [0, 0.05) is 18.7 Å². The van der Waals surface area contributed by atoms with Crippen molar-refractivity contribution < 1.29 is 13.9 Å². The summed E-state index contributed by atoms with van der Waals surface area (Å²) in [6, 6.07) is 5.95. The third kappa shape index (κ3) is 4.21. The Morgan fingerprint density at radius 2 is 2.42 bits per heavy atom. The Kier molecular flexibility index (Phi) is 4.74. The van der Waals surface area contributed by atoms with Crippen LogP contribution in [0.15, 0.2) is 24.3 Å². The van der Waals surface area contributed by atoms with Gasteiger partial charge >= 0.3 is 0 Å². The van der Waals surface area contributed by atoms with Gasteiger partial charge in [-0.1, -0.05) is 6.07 Å². The van der Waals surface area contributed by atoms with Crippen molar-refractivity contribution in [2.75, 3.05) is 13.1 Å². The molecule has 1 aromatic rings. The molecule has 5 heteroatoms. The van der Waals surface area contributed by atoms with E-state index in [2.05, 4.69) is 10.6 Å². The lowest BCUT2D eigenvalue weighted by Gasteiger charge is -2.25. The first-order chi connectivity index (χ1) is 9.15. The van der Waals surface area contributed by atoms with Gasteiger partial charge in [0.2, 0.25) is 0 Å². The molecule has 1 aromatic carbocycles. The monoisotopic (exact) mass is 266 g/mol. The first-order valence-electron chi connectivity index (χ1n) is 6.58. The molecule has 1 unspecified atom stereocenters. The molecule has 1 heterocycles.